The van der Waals surface area contributed by atoms with Crippen molar-refractivity contribution >= 4 is 15.7 Å². The van der Waals surface area contributed by atoms with E-state index in [1.54, 1.807) is 36.9 Å². The minimum atomic E-state index is -3.72. The summed E-state index contributed by atoms with van der Waals surface area (Å²) in [7, 11) is -0.406. The van der Waals surface area contributed by atoms with Crippen molar-refractivity contribution in [1.82, 2.24) is 9.55 Å². The second-order valence-corrected chi connectivity index (χ2v) is 7.30. The number of ether oxygens (including phenoxy) is 1. The molecule has 1 aromatic heterocycles. The van der Waals surface area contributed by atoms with E-state index < -0.39 is 10.0 Å². The Morgan fingerprint density at radius 2 is 1.92 bits per heavy atom. The minimum Gasteiger partial charge on any atom is -0.496 e. The summed E-state index contributed by atoms with van der Waals surface area (Å²) in [5, 5.41) is -0.0181. The molecule has 25 heavy (non-hydrogen) atoms. The highest BCUT2D eigenvalue weighted by atomic mass is 32.2. The van der Waals surface area contributed by atoms with Crippen LogP contribution in [0.5, 0.6) is 5.75 Å². The summed E-state index contributed by atoms with van der Waals surface area (Å²) in [6.45, 7) is 0. The molecule has 130 valence electrons. The van der Waals surface area contributed by atoms with Gasteiger partial charge in [-0.15, -0.1) is 0 Å². The van der Waals surface area contributed by atoms with Gasteiger partial charge in [0.2, 0.25) is 0 Å². The van der Waals surface area contributed by atoms with Crippen molar-refractivity contribution in [2.24, 2.45) is 7.05 Å². The van der Waals surface area contributed by atoms with E-state index in [4.69, 9.17) is 4.74 Å². The number of hydrogen-bond donors (Lipinski definition) is 1. The van der Waals surface area contributed by atoms with Gasteiger partial charge < -0.3 is 9.30 Å². The third-order valence-corrected chi connectivity index (χ3v) is 4.99. The Kier molecular flexibility index (Phi) is 4.76. The normalized spacial score (nSPS) is 11.3. The molecule has 0 aliphatic rings. The number of sulfonamides is 1. The maximum atomic E-state index is 12.4. The summed E-state index contributed by atoms with van der Waals surface area (Å²) in [4.78, 5) is 3.90. The Bertz CT molecular complexity index is 966. The molecule has 0 spiro atoms. The van der Waals surface area contributed by atoms with E-state index in [9.17, 15) is 8.42 Å². The quantitative estimate of drug-likeness (QED) is 0.736. The Balaban J connectivity index is 1.89. The van der Waals surface area contributed by atoms with E-state index in [-0.39, 0.29) is 5.03 Å². The number of rotatable bonds is 6. The van der Waals surface area contributed by atoms with Gasteiger partial charge in [0.15, 0.2) is 5.03 Å². The van der Waals surface area contributed by atoms with Crippen LogP contribution < -0.4 is 9.46 Å². The second kappa shape index (κ2) is 6.98. The van der Waals surface area contributed by atoms with Crippen LogP contribution in [0.1, 0.15) is 11.1 Å². The van der Waals surface area contributed by atoms with Crippen LogP contribution in [0.3, 0.4) is 0 Å². The van der Waals surface area contributed by atoms with Gasteiger partial charge in [0, 0.05) is 30.9 Å². The molecule has 0 saturated heterocycles. The fraction of sp³-hybridized carbons (Fsp3) is 0.167. The number of hydrogen-bond acceptors (Lipinski definition) is 4. The summed E-state index contributed by atoms with van der Waals surface area (Å²) in [5.41, 5.74) is 2.48. The Morgan fingerprint density at radius 3 is 2.56 bits per heavy atom. The van der Waals surface area contributed by atoms with Crippen molar-refractivity contribution in [3.8, 4) is 5.75 Å². The molecule has 2 aromatic carbocycles. The lowest BCUT2D eigenvalue weighted by molar-refractivity contribution is 0.410. The lowest BCUT2D eigenvalue weighted by Gasteiger charge is -2.12. The zero-order valence-corrected chi connectivity index (χ0v) is 14.8. The van der Waals surface area contributed by atoms with Gasteiger partial charge in [0.05, 0.1) is 13.4 Å². The van der Waals surface area contributed by atoms with Crippen molar-refractivity contribution < 1.29 is 13.2 Å². The standard InChI is InChI=1S/C18H19N3O3S/c1-21-12-18(19-13-21)25(22,23)20-16-8-9-17(24-2)15(11-16)10-14-6-4-3-5-7-14/h3-9,11-13,20H,10H2,1-2H3. The van der Waals surface area contributed by atoms with Crippen LogP contribution in [-0.4, -0.2) is 25.1 Å². The molecule has 0 aliphatic heterocycles. The fourth-order valence-corrected chi connectivity index (χ4v) is 3.56. The molecule has 0 saturated carbocycles. The maximum absolute atomic E-state index is 12.4. The van der Waals surface area contributed by atoms with E-state index in [0.717, 1.165) is 11.1 Å². The van der Waals surface area contributed by atoms with Gasteiger partial charge in [-0.1, -0.05) is 30.3 Å². The molecular formula is C18H19N3O3S. The molecule has 1 N–H and O–H groups in total. The zero-order valence-electron chi connectivity index (χ0n) is 14.0. The van der Waals surface area contributed by atoms with Crippen molar-refractivity contribution in [2.75, 3.05) is 11.8 Å². The molecule has 3 aromatic rings. The molecule has 0 unspecified atom stereocenters. The van der Waals surface area contributed by atoms with E-state index in [2.05, 4.69) is 9.71 Å². The van der Waals surface area contributed by atoms with E-state index in [0.29, 0.717) is 17.9 Å². The molecule has 3 rings (SSSR count). The first-order valence-corrected chi connectivity index (χ1v) is 9.18. The van der Waals surface area contributed by atoms with Crippen LogP contribution in [-0.2, 0) is 23.5 Å². The topological polar surface area (TPSA) is 73.2 Å². The lowest BCUT2D eigenvalue weighted by atomic mass is 10.0. The predicted octanol–water partition coefficient (Wildman–Crippen LogP) is 2.82. The molecule has 0 bridgehead atoms. The first-order valence-electron chi connectivity index (χ1n) is 7.69. The lowest BCUT2D eigenvalue weighted by Crippen LogP contribution is -2.13. The van der Waals surface area contributed by atoms with Crippen LogP contribution >= 0.6 is 0 Å². The third kappa shape index (κ3) is 4.00. The van der Waals surface area contributed by atoms with Gasteiger partial charge in [-0.05, 0) is 23.8 Å². The van der Waals surface area contributed by atoms with Crippen molar-refractivity contribution in [2.45, 2.75) is 11.4 Å². The number of imidazole rings is 1. The minimum absolute atomic E-state index is 0.0181. The Morgan fingerprint density at radius 1 is 1.16 bits per heavy atom. The number of benzene rings is 2. The van der Waals surface area contributed by atoms with Gasteiger partial charge in [0.25, 0.3) is 10.0 Å². The van der Waals surface area contributed by atoms with Crippen LogP contribution in [0.15, 0.2) is 66.1 Å². The maximum Gasteiger partial charge on any atom is 0.280 e. The van der Waals surface area contributed by atoms with Crippen molar-refractivity contribution in [3.05, 3.63) is 72.2 Å². The highest BCUT2D eigenvalue weighted by Crippen LogP contribution is 2.26. The summed E-state index contributed by atoms with van der Waals surface area (Å²) < 4.78 is 34.4. The highest BCUT2D eigenvalue weighted by Gasteiger charge is 2.18. The van der Waals surface area contributed by atoms with E-state index >= 15 is 0 Å². The largest absolute Gasteiger partial charge is 0.496 e. The number of aromatic nitrogens is 2. The van der Waals surface area contributed by atoms with Gasteiger partial charge in [0.1, 0.15) is 5.75 Å². The van der Waals surface area contributed by atoms with Crippen LogP contribution in [0.2, 0.25) is 0 Å². The predicted molar refractivity (Wildman–Crippen MR) is 96.3 cm³/mol. The van der Waals surface area contributed by atoms with Crippen LogP contribution in [0, 0.1) is 0 Å². The van der Waals surface area contributed by atoms with Crippen LogP contribution in [0.25, 0.3) is 0 Å². The number of methoxy groups -OCH3 is 1. The molecule has 0 fully saturated rings. The average Bonchev–Trinajstić information content (AvgIpc) is 3.03. The first-order chi connectivity index (χ1) is 12.0. The zero-order chi connectivity index (χ0) is 17.9. The third-order valence-electron chi connectivity index (χ3n) is 3.73. The van der Waals surface area contributed by atoms with Gasteiger partial charge in [-0.3, -0.25) is 4.72 Å². The van der Waals surface area contributed by atoms with E-state index in [1.165, 1.54) is 12.5 Å². The molecule has 6 nitrogen and oxygen atoms in total. The molecule has 7 heteroatoms. The molecule has 0 amide bonds. The van der Waals surface area contributed by atoms with Gasteiger partial charge in [-0.2, -0.15) is 8.42 Å². The fourth-order valence-electron chi connectivity index (χ4n) is 2.53. The number of aryl methyl sites for hydroxylation is 1. The number of nitrogens with zero attached hydrogens (tertiary/aromatic N) is 2. The van der Waals surface area contributed by atoms with Gasteiger partial charge >= 0.3 is 0 Å². The second-order valence-electron chi connectivity index (χ2n) is 5.67. The summed E-state index contributed by atoms with van der Waals surface area (Å²) >= 11 is 0. The summed E-state index contributed by atoms with van der Waals surface area (Å²) in [6, 6.07) is 15.1. The Hall–Kier alpha value is -2.80. The van der Waals surface area contributed by atoms with Crippen LogP contribution in [0.4, 0.5) is 5.69 Å². The number of nitrogens with one attached hydrogen (secondary N) is 1. The SMILES string of the molecule is COc1ccc(NS(=O)(=O)c2cn(C)cn2)cc1Cc1ccccc1. The molecule has 1 heterocycles. The summed E-state index contributed by atoms with van der Waals surface area (Å²) in [6.07, 6.45) is 3.54. The van der Waals surface area contributed by atoms with E-state index in [1.807, 2.05) is 30.3 Å². The molecular weight excluding hydrogens is 338 g/mol. The number of anilines is 1. The molecule has 0 radical (unpaired) electrons. The van der Waals surface area contributed by atoms with Crippen molar-refractivity contribution in [1.29, 1.82) is 0 Å². The van der Waals surface area contributed by atoms with Crippen molar-refractivity contribution in [3.63, 3.8) is 0 Å². The monoisotopic (exact) mass is 357 g/mol. The van der Waals surface area contributed by atoms with Gasteiger partial charge in [-0.25, -0.2) is 4.98 Å². The summed E-state index contributed by atoms with van der Waals surface area (Å²) in [5.74, 6) is 0.713. The first kappa shape index (κ1) is 17.0. The Labute approximate surface area is 147 Å². The average molecular weight is 357 g/mol. The molecule has 0 aliphatic carbocycles. The smallest absolute Gasteiger partial charge is 0.280 e. The molecule has 0 atom stereocenters. The highest BCUT2D eigenvalue weighted by molar-refractivity contribution is 7.92.